The van der Waals surface area contributed by atoms with E-state index in [2.05, 4.69) is 15.8 Å². The van der Waals surface area contributed by atoms with Crippen LogP contribution in [0.15, 0.2) is 12.3 Å². The Morgan fingerprint density at radius 3 is 2.93 bits per heavy atom. The van der Waals surface area contributed by atoms with Gasteiger partial charge in [-0.3, -0.25) is 4.68 Å². The monoisotopic (exact) mass is 193 g/mol. The van der Waals surface area contributed by atoms with Gasteiger partial charge in [0.2, 0.25) is 0 Å². The summed E-state index contributed by atoms with van der Waals surface area (Å²) in [5, 5.41) is 4.33. The average molecular weight is 193 g/mol. The summed E-state index contributed by atoms with van der Waals surface area (Å²) in [6.07, 6.45) is 5.13. The van der Waals surface area contributed by atoms with E-state index in [1.807, 2.05) is 6.20 Å². The first-order valence-corrected chi connectivity index (χ1v) is 5.16. The summed E-state index contributed by atoms with van der Waals surface area (Å²) in [7, 11) is 0. The lowest BCUT2D eigenvalue weighted by Gasteiger charge is -2.28. The van der Waals surface area contributed by atoms with E-state index in [1.165, 1.54) is 5.69 Å². The summed E-state index contributed by atoms with van der Waals surface area (Å²) in [5.41, 5.74) is 7.43. The largest absolute Gasteiger partial charge is 0.377 e. The van der Waals surface area contributed by atoms with Crippen molar-refractivity contribution >= 4 is 0 Å². The first-order chi connectivity index (χ1) is 6.77. The first kappa shape index (κ1) is 8.44. The van der Waals surface area contributed by atoms with Gasteiger partial charge in [0.05, 0.1) is 19.3 Å². The van der Waals surface area contributed by atoms with E-state index in [0.717, 1.165) is 32.5 Å². The van der Waals surface area contributed by atoms with Gasteiger partial charge in [-0.15, -0.1) is 0 Å². The lowest BCUT2D eigenvalue weighted by Crippen LogP contribution is -2.34. The van der Waals surface area contributed by atoms with Crippen molar-refractivity contribution < 1.29 is 4.74 Å². The van der Waals surface area contributed by atoms with Gasteiger partial charge in [-0.05, 0) is 18.9 Å². The summed E-state index contributed by atoms with van der Waals surface area (Å²) in [4.78, 5) is 0. The van der Waals surface area contributed by atoms with Gasteiger partial charge >= 0.3 is 0 Å². The molecule has 0 unspecified atom stereocenters. The Morgan fingerprint density at radius 1 is 1.57 bits per heavy atom. The van der Waals surface area contributed by atoms with Crippen molar-refractivity contribution in [3.05, 3.63) is 18.0 Å². The number of hydrogen-bond acceptors (Lipinski definition) is 3. The number of hydrogen-bond donors (Lipinski definition) is 1. The zero-order valence-corrected chi connectivity index (χ0v) is 8.15. The molecule has 2 aliphatic rings. The van der Waals surface area contributed by atoms with Gasteiger partial charge in [0, 0.05) is 23.9 Å². The number of nitrogens with two attached hydrogens (primary N) is 1. The zero-order valence-electron chi connectivity index (χ0n) is 8.15. The van der Waals surface area contributed by atoms with Crippen molar-refractivity contribution in [2.45, 2.75) is 30.8 Å². The highest BCUT2D eigenvalue weighted by molar-refractivity contribution is 5.13. The Labute approximate surface area is 83.0 Å². The van der Waals surface area contributed by atoms with Gasteiger partial charge in [-0.2, -0.15) is 5.10 Å². The van der Waals surface area contributed by atoms with Gasteiger partial charge in [0.25, 0.3) is 0 Å². The second-order valence-electron chi connectivity index (χ2n) is 4.50. The molecule has 1 aliphatic carbocycles. The van der Waals surface area contributed by atoms with Crippen molar-refractivity contribution in [2.75, 3.05) is 13.2 Å². The Hall–Kier alpha value is -0.870. The van der Waals surface area contributed by atoms with E-state index in [1.54, 1.807) is 0 Å². The highest BCUT2D eigenvalue weighted by Crippen LogP contribution is 2.36. The first-order valence-electron chi connectivity index (χ1n) is 5.16. The molecule has 1 saturated carbocycles. The lowest BCUT2D eigenvalue weighted by atomic mass is 10.1. The maximum absolute atomic E-state index is 6.09. The topological polar surface area (TPSA) is 53.1 Å². The summed E-state index contributed by atoms with van der Waals surface area (Å²) in [5.74, 6) is 0. The SMILES string of the molecule is NC1(Cc2ccnn2C2COC2)CC1. The van der Waals surface area contributed by atoms with E-state index < -0.39 is 0 Å². The van der Waals surface area contributed by atoms with Crippen molar-refractivity contribution in [1.82, 2.24) is 9.78 Å². The standard InChI is InChI=1S/C10H15N3O/c11-10(2-3-10)5-8-1-4-12-13(8)9-6-14-7-9/h1,4,9H,2-3,5-7,11H2. The molecule has 1 aliphatic heterocycles. The molecule has 2 heterocycles. The van der Waals surface area contributed by atoms with Crippen molar-refractivity contribution in [3.63, 3.8) is 0 Å². The summed E-state index contributed by atoms with van der Waals surface area (Å²) < 4.78 is 7.25. The molecule has 1 aromatic rings. The van der Waals surface area contributed by atoms with E-state index >= 15 is 0 Å². The minimum Gasteiger partial charge on any atom is -0.377 e. The van der Waals surface area contributed by atoms with Crippen molar-refractivity contribution in [1.29, 1.82) is 0 Å². The molecule has 0 atom stereocenters. The van der Waals surface area contributed by atoms with Crippen LogP contribution >= 0.6 is 0 Å². The van der Waals surface area contributed by atoms with E-state index in [-0.39, 0.29) is 5.54 Å². The Balaban J connectivity index is 1.79. The quantitative estimate of drug-likeness (QED) is 0.760. The molecular formula is C10H15N3O. The van der Waals surface area contributed by atoms with Crippen LogP contribution < -0.4 is 5.73 Å². The molecule has 0 radical (unpaired) electrons. The molecule has 1 saturated heterocycles. The molecule has 0 spiro atoms. The number of nitrogens with zero attached hydrogens (tertiary/aromatic N) is 2. The maximum atomic E-state index is 6.09. The van der Waals surface area contributed by atoms with E-state index in [0.29, 0.717) is 6.04 Å². The molecule has 4 nitrogen and oxygen atoms in total. The van der Waals surface area contributed by atoms with Crippen LogP contribution in [0.1, 0.15) is 24.6 Å². The van der Waals surface area contributed by atoms with Crippen LogP contribution in [0.3, 0.4) is 0 Å². The van der Waals surface area contributed by atoms with Gasteiger partial charge in [-0.1, -0.05) is 0 Å². The highest BCUT2D eigenvalue weighted by Gasteiger charge is 2.39. The van der Waals surface area contributed by atoms with Gasteiger partial charge in [-0.25, -0.2) is 0 Å². The van der Waals surface area contributed by atoms with Gasteiger partial charge in [0.1, 0.15) is 0 Å². The third-order valence-corrected chi connectivity index (χ3v) is 3.14. The molecule has 76 valence electrons. The molecule has 0 bridgehead atoms. The predicted octanol–water partition coefficient (Wildman–Crippen LogP) is 0.488. The second kappa shape index (κ2) is 2.81. The van der Waals surface area contributed by atoms with Crippen molar-refractivity contribution in [2.24, 2.45) is 5.73 Å². The Morgan fingerprint density at radius 2 is 2.36 bits per heavy atom. The van der Waals surface area contributed by atoms with Crippen LogP contribution in [0, 0.1) is 0 Å². The van der Waals surface area contributed by atoms with Crippen LogP contribution in [0.4, 0.5) is 0 Å². The molecule has 2 fully saturated rings. The minimum absolute atomic E-state index is 0.0718. The predicted molar refractivity (Wildman–Crippen MR) is 51.9 cm³/mol. The van der Waals surface area contributed by atoms with Crippen LogP contribution in [0.2, 0.25) is 0 Å². The maximum Gasteiger partial charge on any atom is 0.0988 e. The third-order valence-electron chi connectivity index (χ3n) is 3.14. The summed E-state index contributed by atoms with van der Waals surface area (Å²) in [6, 6.07) is 2.52. The summed E-state index contributed by atoms with van der Waals surface area (Å²) in [6.45, 7) is 1.60. The summed E-state index contributed by atoms with van der Waals surface area (Å²) >= 11 is 0. The van der Waals surface area contributed by atoms with E-state index in [9.17, 15) is 0 Å². The molecular weight excluding hydrogens is 178 g/mol. The Kier molecular flexibility index (Phi) is 1.69. The van der Waals surface area contributed by atoms with E-state index in [4.69, 9.17) is 10.5 Å². The van der Waals surface area contributed by atoms with Gasteiger partial charge in [0.15, 0.2) is 0 Å². The van der Waals surface area contributed by atoms with Crippen LogP contribution in [-0.4, -0.2) is 28.5 Å². The normalized spacial score (nSPS) is 24.6. The van der Waals surface area contributed by atoms with Crippen molar-refractivity contribution in [3.8, 4) is 0 Å². The van der Waals surface area contributed by atoms with Crippen LogP contribution in [-0.2, 0) is 11.2 Å². The average Bonchev–Trinajstić information content (AvgIpc) is 2.61. The molecule has 0 aromatic carbocycles. The smallest absolute Gasteiger partial charge is 0.0988 e. The highest BCUT2D eigenvalue weighted by atomic mass is 16.5. The molecule has 14 heavy (non-hydrogen) atoms. The fourth-order valence-corrected chi connectivity index (χ4v) is 1.87. The zero-order chi connectivity index (χ0) is 9.60. The van der Waals surface area contributed by atoms with Gasteiger partial charge < -0.3 is 10.5 Å². The molecule has 0 amide bonds. The molecule has 4 heteroatoms. The number of ether oxygens (including phenoxy) is 1. The second-order valence-corrected chi connectivity index (χ2v) is 4.50. The number of rotatable bonds is 3. The van der Waals surface area contributed by atoms with Crippen LogP contribution in [0.5, 0.6) is 0 Å². The number of aromatic nitrogens is 2. The molecule has 3 rings (SSSR count). The third kappa shape index (κ3) is 1.35. The molecule has 1 aromatic heterocycles. The minimum atomic E-state index is 0.0718. The lowest BCUT2D eigenvalue weighted by molar-refractivity contribution is -0.0299. The molecule has 2 N–H and O–H groups in total. The Bertz CT molecular complexity index is 339. The van der Waals surface area contributed by atoms with Crippen LogP contribution in [0.25, 0.3) is 0 Å². The fraction of sp³-hybridized carbons (Fsp3) is 0.700. The fourth-order valence-electron chi connectivity index (χ4n) is 1.87.